The number of para-hydroxylation sites is 1. The maximum atomic E-state index is 11.4. The Hall–Kier alpha value is -2.10. The third-order valence-corrected chi connectivity index (χ3v) is 1.71. The lowest BCUT2D eigenvalue weighted by Crippen LogP contribution is -2.14. The molecule has 1 aromatic rings. The summed E-state index contributed by atoms with van der Waals surface area (Å²) >= 11 is 0. The van der Waals surface area contributed by atoms with Crippen LogP contribution in [0.25, 0.3) is 0 Å². The average Bonchev–Trinajstić information content (AvgIpc) is 2.18. The van der Waals surface area contributed by atoms with Gasteiger partial charge in [-0.2, -0.15) is 0 Å². The van der Waals surface area contributed by atoms with E-state index in [0.717, 1.165) is 0 Å². The molecular formula is C11H11NO3. The summed E-state index contributed by atoms with van der Waals surface area (Å²) in [4.78, 5) is 22.5. The fraction of sp³-hybridized carbons (Fsp3) is 0.0909. The predicted molar refractivity (Wildman–Crippen MR) is 56.1 cm³/mol. The van der Waals surface area contributed by atoms with Crippen LogP contribution in [0.3, 0.4) is 0 Å². The second kappa shape index (κ2) is 4.41. The minimum atomic E-state index is -0.763. The van der Waals surface area contributed by atoms with Crippen molar-refractivity contribution >= 4 is 17.6 Å². The first kappa shape index (κ1) is 11.0. The highest BCUT2D eigenvalue weighted by Crippen LogP contribution is 2.12. The molecule has 78 valence electrons. The first-order valence-electron chi connectivity index (χ1n) is 4.29. The van der Waals surface area contributed by atoms with Crippen LogP contribution in [0.4, 0.5) is 5.69 Å². The van der Waals surface area contributed by atoms with E-state index in [0.29, 0.717) is 0 Å². The van der Waals surface area contributed by atoms with Crippen LogP contribution in [0.15, 0.2) is 36.4 Å². The van der Waals surface area contributed by atoms with E-state index < -0.39 is 11.9 Å². The maximum absolute atomic E-state index is 11.4. The lowest BCUT2D eigenvalue weighted by atomic mass is 10.2. The SMILES string of the molecule is C=C(C)C(=O)OC(=O)c1ccccc1N. The van der Waals surface area contributed by atoms with Crippen molar-refractivity contribution in [1.82, 2.24) is 0 Å². The second-order valence-electron chi connectivity index (χ2n) is 3.04. The number of esters is 2. The summed E-state index contributed by atoms with van der Waals surface area (Å²) in [6.45, 7) is 4.83. The molecule has 0 atom stereocenters. The zero-order valence-corrected chi connectivity index (χ0v) is 8.32. The molecule has 4 nitrogen and oxygen atoms in total. The van der Waals surface area contributed by atoms with Gasteiger partial charge in [-0.25, -0.2) is 9.59 Å². The highest BCUT2D eigenvalue weighted by Gasteiger charge is 2.15. The molecule has 0 saturated carbocycles. The summed E-state index contributed by atoms with van der Waals surface area (Å²) in [5.41, 5.74) is 6.15. The fourth-order valence-corrected chi connectivity index (χ4v) is 0.909. The number of nitrogens with two attached hydrogens (primary N) is 1. The Labute approximate surface area is 87.3 Å². The van der Waals surface area contributed by atoms with Crippen LogP contribution in [0.5, 0.6) is 0 Å². The number of rotatable bonds is 2. The van der Waals surface area contributed by atoms with Gasteiger partial charge in [-0.1, -0.05) is 18.7 Å². The highest BCUT2D eigenvalue weighted by atomic mass is 16.6. The maximum Gasteiger partial charge on any atom is 0.348 e. The Morgan fingerprint density at radius 3 is 2.47 bits per heavy atom. The van der Waals surface area contributed by atoms with Gasteiger partial charge in [0, 0.05) is 11.3 Å². The summed E-state index contributed by atoms with van der Waals surface area (Å²) in [5.74, 6) is -1.51. The van der Waals surface area contributed by atoms with E-state index in [4.69, 9.17) is 5.73 Å². The van der Waals surface area contributed by atoms with Crippen LogP contribution in [-0.2, 0) is 9.53 Å². The van der Waals surface area contributed by atoms with Gasteiger partial charge >= 0.3 is 11.9 Å². The summed E-state index contributed by atoms with van der Waals surface area (Å²) in [5, 5.41) is 0. The van der Waals surface area contributed by atoms with Crippen molar-refractivity contribution in [3.8, 4) is 0 Å². The topological polar surface area (TPSA) is 69.4 Å². The highest BCUT2D eigenvalue weighted by molar-refractivity contribution is 6.04. The van der Waals surface area contributed by atoms with Gasteiger partial charge in [-0.05, 0) is 19.1 Å². The van der Waals surface area contributed by atoms with Crippen molar-refractivity contribution in [3.63, 3.8) is 0 Å². The molecule has 0 spiro atoms. The molecule has 0 heterocycles. The van der Waals surface area contributed by atoms with Gasteiger partial charge in [-0.3, -0.25) is 0 Å². The van der Waals surface area contributed by atoms with Crippen LogP contribution in [-0.4, -0.2) is 11.9 Å². The third-order valence-electron chi connectivity index (χ3n) is 1.71. The molecule has 0 aliphatic rings. The molecular weight excluding hydrogens is 194 g/mol. The largest absolute Gasteiger partial charge is 0.398 e. The second-order valence-corrected chi connectivity index (χ2v) is 3.04. The molecule has 0 fully saturated rings. The number of hydrogen-bond donors (Lipinski definition) is 1. The van der Waals surface area contributed by atoms with Crippen LogP contribution >= 0.6 is 0 Å². The van der Waals surface area contributed by atoms with Crippen molar-refractivity contribution in [1.29, 1.82) is 0 Å². The van der Waals surface area contributed by atoms with E-state index >= 15 is 0 Å². The van der Waals surface area contributed by atoms with E-state index in [1.54, 1.807) is 18.2 Å². The Morgan fingerprint density at radius 2 is 1.93 bits per heavy atom. The first-order chi connectivity index (χ1) is 7.02. The third kappa shape index (κ3) is 2.67. The number of carbonyl (C=O) groups excluding carboxylic acids is 2. The predicted octanol–water partition coefficient (Wildman–Crippen LogP) is 1.53. The molecule has 2 N–H and O–H groups in total. The number of nitrogen functional groups attached to an aromatic ring is 1. The van der Waals surface area contributed by atoms with Gasteiger partial charge in [0.25, 0.3) is 0 Å². The van der Waals surface area contributed by atoms with Crippen molar-refractivity contribution in [2.75, 3.05) is 5.73 Å². The zero-order valence-electron chi connectivity index (χ0n) is 8.32. The Balaban J connectivity index is 2.83. The molecule has 0 aliphatic carbocycles. The summed E-state index contributed by atoms with van der Waals surface area (Å²) < 4.78 is 4.52. The van der Waals surface area contributed by atoms with Gasteiger partial charge in [-0.15, -0.1) is 0 Å². The van der Waals surface area contributed by atoms with Crippen molar-refractivity contribution in [3.05, 3.63) is 42.0 Å². The van der Waals surface area contributed by atoms with Crippen LogP contribution < -0.4 is 5.73 Å². The number of anilines is 1. The Bertz CT molecular complexity index is 424. The van der Waals surface area contributed by atoms with Gasteiger partial charge < -0.3 is 10.5 Å². The van der Waals surface area contributed by atoms with Gasteiger partial charge in [0.05, 0.1) is 5.56 Å². The number of ether oxygens (including phenoxy) is 1. The van der Waals surface area contributed by atoms with Gasteiger partial charge in [0.2, 0.25) is 0 Å². The quantitative estimate of drug-likeness (QED) is 0.344. The Kier molecular flexibility index (Phi) is 3.23. The molecule has 0 bridgehead atoms. The monoisotopic (exact) mass is 205 g/mol. The number of benzene rings is 1. The standard InChI is InChI=1S/C11H11NO3/c1-7(2)10(13)15-11(14)8-5-3-4-6-9(8)12/h3-6H,1,12H2,2H3. The molecule has 0 unspecified atom stereocenters. The molecule has 0 aliphatic heterocycles. The Morgan fingerprint density at radius 1 is 1.33 bits per heavy atom. The molecule has 1 rings (SSSR count). The smallest absolute Gasteiger partial charge is 0.348 e. The van der Waals surface area contributed by atoms with Crippen LogP contribution in [0, 0.1) is 0 Å². The lowest BCUT2D eigenvalue weighted by molar-refractivity contribution is -0.133. The first-order valence-corrected chi connectivity index (χ1v) is 4.29. The summed E-state index contributed by atoms with van der Waals surface area (Å²) in [6.07, 6.45) is 0. The van der Waals surface area contributed by atoms with Crippen LogP contribution in [0.1, 0.15) is 17.3 Å². The number of hydrogen-bond acceptors (Lipinski definition) is 4. The molecule has 0 saturated heterocycles. The van der Waals surface area contributed by atoms with E-state index in [-0.39, 0.29) is 16.8 Å². The van der Waals surface area contributed by atoms with E-state index in [9.17, 15) is 9.59 Å². The molecule has 0 amide bonds. The molecule has 1 aromatic carbocycles. The molecule has 4 heteroatoms. The van der Waals surface area contributed by atoms with E-state index in [1.165, 1.54) is 13.0 Å². The minimum Gasteiger partial charge on any atom is -0.398 e. The zero-order chi connectivity index (χ0) is 11.4. The van der Waals surface area contributed by atoms with E-state index in [2.05, 4.69) is 11.3 Å². The van der Waals surface area contributed by atoms with Crippen molar-refractivity contribution in [2.24, 2.45) is 0 Å². The fourth-order valence-electron chi connectivity index (χ4n) is 0.909. The molecule has 0 aromatic heterocycles. The normalized spacial score (nSPS) is 9.40. The lowest BCUT2D eigenvalue weighted by Gasteiger charge is -2.04. The molecule has 15 heavy (non-hydrogen) atoms. The summed E-state index contributed by atoms with van der Waals surface area (Å²) in [7, 11) is 0. The molecule has 0 radical (unpaired) electrons. The van der Waals surface area contributed by atoms with Crippen molar-refractivity contribution in [2.45, 2.75) is 6.92 Å². The van der Waals surface area contributed by atoms with E-state index in [1.807, 2.05) is 0 Å². The average molecular weight is 205 g/mol. The van der Waals surface area contributed by atoms with Gasteiger partial charge in [0.15, 0.2) is 0 Å². The minimum absolute atomic E-state index is 0.165. The van der Waals surface area contributed by atoms with Crippen molar-refractivity contribution < 1.29 is 14.3 Å². The van der Waals surface area contributed by atoms with Gasteiger partial charge in [0.1, 0.15) is 0 Å². The summed E-state index contributed by atoms with van der Waals surface area (Å²) in [6, 6.07) is 6.37. The van der Waals surface area contributed by atoms with Crippen LogP contribution in [0.2, 0.25) is 0 Å². The number of carbonyl (C=O) groups is 2.